The molecule has 2 aromatic rings. The number of carboxylic acids is 1. The maximum atomic E-state index is 11.9. The summed E-state index contributed by atoms with van der Waals surface area (Å²) in [5, 5.41) is 18.1. The Morgan fingerprint density at radius 2 is 2.00 bits per heavy atom. The Hall–Kier alpha value is -2.90. The van der Waals surface area contributed by atoms with Crippen LogP contribution in [0, 0.1) is 0 Å². The molecular weight excluding hydrogens is 264 g/mol. The van der Waals surface area contributed by atoms with Crippen LogP contribution < -0.4 is 11.1 Å². The first kappa shape index (κ1) is 13.5. The van der Waals surface area contributed by atoms with Crippen molar-refractivity contribution in [2.24, 2.45) is 0 Å². The van der Waals surface area contributed by atoms with Crippen LogP contribution in [-0.4, -0.2) is 27.3 Å². The minimum atomic E-state index is -1.04. The lowest BCUT2D eigenvalue weighted by Crippen LogP contribution is -2.30. The minimum Gasteiger partial charge on any atom is -0.481 e. The molecule has 1 amide bonds. The second-order valence-electron chi connectivity index (χ2n) is 4.03. The number of benzene rings is 1. The minimum absolute atomic E-state index is 0.148. The van der Waals surface area contributed by atoms with E-state index in [1.807, 2.05) is 0 Å². The molecule has 8 nitrogen and oxygen atoms in total. The highest BCUT2D eigenvalue weighted by molar-refractivity contribution is 5.96. The van der Waals surface area contributed by atoms with Crippen molar-refractivity contribution in [3.8, 4) is 0 Å². The van der Waals surface area contributed by atoms with Gasteiger partial charge in [0.2, 0.25) is 11.5 Å². The Bertz CT molecular complexity index is 611. The maximum absolute atomic E-state index is 11.9. The van der Waals surface area contributed by atoms with E-state index in [-0.39, 0.29) is 17.9 Å². The second kappa shape index (κ2) is 5.83. The summed E-state index contributed by atoms with van der Waals surface area (Å²) >= 11 is 0. The predicted octanol–water partition coefficient (Wildman–Crippen LogP) is 0.598. The van der Waals surface area contributed by atoms with E-state index >= 15 is 0 Å². The van der Waals surface area contributed by atoms with Crippen LogP contribution in [0.2, 0.25) is 0 Å². The van der Waals surface area contributed by atoms with Gasteiger partial charge in [-0.1, -0.05) is 30.3 Å². The fourth-order valence-electron chi connectivity index (χ4n) is 1.69. The van der Waals surface area contributed by atoms with Crippen molar-refractivity contribution in [2.45, 2.75) is 12.5 Å². The lowest BCUT2D eigenvalue weighted by Gasteiger charge is -2.16. The Balaban J connectivity index is 2.18. The van der Waals surface area contributed by atoms with Gasteiger partial charge in [-0.05, 0) is 15.9 Å². The number of carboxylic acid groups (broad SMARTS) is 1. The van der Waals surface area contributed by atoms with E-state index in [4.69, 9.17) is 10.8 Å². The Morgan fingerprint density at radius 1 is 1.30 bits per heavy atom. The van der Waals surface area contributed by atoms with Gasteiger partial charge in [-0.15, -0.1) is 0 Å². The van der Waals surface area contributed by atoms with E-state index in [1.165, 1.54) is 0 Å². The van der Waals surface area contributed by atoms with E-state index in [0.717, 1.165) is 0 Å². The molecule has 1 atom stereocenters. The van der Waals surface area contributed by atoms with Gasteiger partial charge >= 0.3 is 5.97 Å². The highest BCUT2D eigenvalue weighted by Crippen LogP contribution is 2.17. The Morgan fingerprint density at radius 3 is 2.55 bits per heavy atom. The number of hydrogen-bond acceptors (Lipinski definition) is 6. The van der Waals surface area contributed by atoms with Gasteiger partial charge in [0.15, 0.2) is 0 Å². The van der Waals surface area contributed by atoms with Crippen molar-refractivity contribution in [1.82, 2.24) is 15.6 Å². The number of anilines is 1. The zero-order valence-electron chi connectivity index (χ0n) is 10.3. The Kier molecular flexibility index (Phi) is 3.94. The molecule has 104 valence electrons. The third-order valence-electron chi connectivity index (χ3n) is 2.61. The largest absolute Gasteiger partial charge is 0.481 e. The summed E-state index contributed by atoms with van der Waals surface area (Å²) in [5.41, 5.74) is 5.91. The zero-order valence-corrected chi connectivity index (χ0v) is 10.3. The number of nitrogen functional groups attached to an aromatic ring is 1. The van der Waals surface area contributed by atoms with E-state index in [9.17, 15) is 9.59 Å². The average molecular weight is 276 g/mol. The molecule has 0 fully saturated rings. The van der Waals surface area contributed by atoms with Crippen LogP contribution >= 0.6 is 0 Å². The molecule has 4 N–H and O–H groups in total. The van der Waals surface area contributed by atoms with Crippen molar-refractivity contribution >= 4 is 17.7 Å². The monoisotopic (exact) mass is 276 g/mol. The highest BCUT2D eigenvalue weighted by atomic mass is 16.6. The SMILES string of the molecule is Nc1nonc1C(=O)NC(CC(=O)O)c1ccccc1. The molecule has 1 aromatic heterocycles. The number of amides is 1. The lowest BCUT2D eigenvalue weighted by atomic mass is 10.0. The number of aromatic nitrogens is 2. The average Bonchev–Trinajstić information content (AvgIpc) is 2.85. The summed E-state index contributed by atoms with van der Waals surface area (Å²) in [6, 6.07) is 8.04. The van der Waals surface area contributed by atoms with Crippen molar-refractivity contribution in [2.75, 3.05) is 5.73 Å². The topological polar surface area (TPSA) is 131 Å². The zero-order chi connectivity index (χ0) is 14.5. The van der Waals surface area contributed by atoms with Gasteiger partial charge in [0.25, 0.3) is 5.91 Å². The van der Waals surface area contributed by atoms with E-state index < -0.39 is 17.9 Å². The number of carbonyl (C=O) groups is 2. The molecule has 0 aliphatic carbocycles. The first-order valence-corrected chi connectivity index (χ1v) is 5.73. The summed E-state index contributed by atoms with van der Waals surface area (Å²) in [6.07, 6.45) is -0.263. The number of aliphatic carboxylic acids is 1. The molecule has 0 bridgehead atoms. The molecule has 0 spiro atoms. The van der Waals surface area contributed by atoms with Crippen LogP contribution in [0.15, 0.2) is 35.0 Å². The van der Waals surface area contributed by atoms with Crippen molar-refractivity contribution < 1.29 is 19.3 Å². The molecule has 20 heavy (non-hydrogen) atoms. The van der Waals surface area contributed by atoms with Crippen molar-refractivity contribution in [3.63, 3.8) is 0 Å². The van der Waals surface area contributed by atoms with Gasteiger partial charge in [0, 0.05) is 0 Å². The third-order valence-corrected chi connectivity index (χ3v) is 2.61. The number of nitrogens with one attached hydrogen (secondary N) is 1. The van der Waals surface area contributed by atoms with Crippen LogP contribution in [-0.2, 0) is 4.79 Å². The van der Waals surface area contributed by atoms with Gasteiger partial charge in [-0.3, -0.25) is 9.59 Å². The third kappa shape index (κ3) is 3.10. The fourth-order valence-corrected chi connectivity index (χ4v) is 1.69. The summed E-state index contributed by atoms with van der Waals surface area (Å²) in [5.74, 6) is -1.83. The first-order chi connectivity index (χ1) is 9.58. The van der Waals surface area contributed by atoms with Crippen LogP contribution in [0.1, 0.15) is 28.5 Å². The van der Waals surface area contributed by atoms with E-state index in [0.29, 0.717) is 5.56 Å². The fraction of sp³-hybridized carbons (Fsp3) is 0.167. The molecule has 0 aliphatic heterocycles. The van der Waals surface area contributed by atoms with E-state index in [1.54, 1.807) is 30.3 Å². The second-order valence-corrected chi connectivity index (χ2v) is 4.03. The van der Waals surface area contributed by atoms with E-state index in [2.05, 4.69) is 20.3 Å². The molecule has 2 rings (SSSR count). The van der Waals surface area contributed by atoms with Crippen LogP contribution in [0.3, 0.4) is 0 Å². The molecule has 0 aliphatic rings. The van der Waals surface area contributed by atoms with Gasteiger partial charge in [0.1, 0.15) is 0 Å². The van der Waals surface area contributed by atoms with Crippen LogP contribution in [0.4, 0.5) is 5.82 Å². The van der Waals surface area contributed by atoms with Crippen molar-refractivity contribution in [3.05, 3.63) is 41.6 Å². The molecule has 1 aromatic carbocycles. The van der Waals surface area contributed by atoms with Crippen LogP contribution in [0.5, 0.6) is 0 Å². The molecule has 0 saturated carbocycles. The normalized spacial score (nSPS) is 11.8. The quantitative estimate of drug-likeness (QED) is 0.728. The summed E-state index contributed by atoms with van der Waals surface area (Å²) in [6.45, 7) is 0. The molecule has 0 radical (unpaired) electrons. The van der Waals surface area contributed by atoms with Gasteiger partial charge in [-0.2, -0.15) is 0 Å². The summed E-state index contributed by atoms with van der Waals surface area (Å²) < 4.78 is 4.33. The molecule has 1 heterocycles. The molecule has 0 saturated heterocycles. The smallest absolute Gasteiger partial charge is 0.305 e. The van der Waals surface area contributed by atoms with Gasteiger partial charge in [-0.25, -0.2) is 4.63 Å². The highest BCUT2D eigenvalue weighted by Gasteiger charge is 2.22. The molecule has 8 heteroatoms. The van der Waals surface area contributed by atoms with Crippen molar-refractivity contribution in [1.29, 1.82) is 0 Å². The molecular formula is C12H12N4O4. The number of rotatable bonds is 5. The predicted molar refractivity (Wildman–Crippen MR) is 67.6 cm³/mol. The lowest BCUT2D eigenvalue weighted by molar-refractivity contribution is -0.137. The summed E-state index contributed by atoms with van der Waals surface area (Å²) in [4.78, 5) is 22.8. The number of nitrogens with zero attached hydrogens (tertiary/aromatic N) is 2. The number of nitrogens with two attached hydrogens (primary N) is 1. The standard InChI is InChI=1S/C12H12N4O4/c13-11-10(15-20-16-11)12(19)14-8(6-9(17)18)7-4-2-1-3-5-7/h1-5,8H,6H2,(H2,13,16)(H,14,19)(H,17,18). The molecule has 1 unspecified atom stereocenters. The van der Waals surface area contributed by atoms with Gasteiger partial charge < -0.3 is 16.2 Å². The van der Waals surface area contributed by atoms with Crippen LogP contribution in [0.25, 0.3) is 0 Å². The number of carbonyl (C=O) groups excluding carboxylic acids is 1. The first-order valence-electron chi connectivity index (χ1n) is 5.73. The number of hydrogen-bond donors (Lipinski definition) is 3. The van der Waals surface area contributed by atoms with Gasteiger partial charge in [0.05, 0.1) is 12.5 Å². The maximum Gasteiger partial charge on any atom is 0.305 e. The summed E-state index contributed by atoms with van der Waals surface area (Å²) in [7, 11) is 0. The Labute approximate surface area is 113 Å².